The standard InChI is InChI=1S/C13H19ClN2O3S/c1-20(18,19)16-10-8-13(17)15-9-2-3-11-4-6-12(14)7-5-11/h4-7,16H,2-3,8-10H2,1H3,(H,15,17). The molecule has 0 aliphatic heterocycles. The van der Waals surface area contributed by atoms with Gasteiger partial charge < -0.3 is 5.32 Å². The molecule has 20 heavy (non-hydrogen) atoms. The van der Waals surface area contributed by atoms with Crippen molar-refractivity contribution in [3.05, 3.63) is 34.9 Å². The van der Waals surface area contributed by atoms with Crippen molar-refractivity contribution in [2.45, 2.75) is 19.3 Å². The van der Waals surface area contributed by atoms with Crippen LogP contribution in [0.2, 0.25) is 5.02 Å². The summed E-state index contributed by atoms with van der Waals surface area (Å²) in [4.78, 5) is 11.4. The van der Waals surface area contributed by atoms with Gasteiger partial charge in [-0.05, 0) is 30.5 Å². The maximum Gasteiger partial charge on any atom is 0.221 e. The van der Waals surface area contributed by atoms with Crippen LogP contribution >= 0.6 is 11.6 Å². The van der Waals surface area contributed by atoms with E-state index in [4.69, 9.17) is 11.6 Å². The Labute approximate surface area is 124 Å². The number of carbonyl (C=O) groups is 1. The summed E-state index contributed by atoms with van der Waals surface area (Å²) in [7, 11) is -3.23. The van der Waals surface area contributed by atoms with Gasteiger partial charge in [-0.2, -0.15) is 0 Å². The number of rotatable bonds is 8. The molecule has 0 saturated heterocycles. The predicted molar refractivity (Wildman–Crippen MR) is 80.2 cm³/mol. The lowest BCUT2D eigenvalue weighted by Gasteiger charge is -2.06. The summed E-state index contributed by atoms with van der Waals surface area (Å²) in [5.41, 5.74) is 1.17. The van der Waals surface area contributed by atoms with Gasteiger partial charge in [-0.25, -0.2) is 13.1 Å². The van der Waals surface area contributed by atoms with Crippen LogP contribution in [0.5, 0.6) is 0 Å². The SMILES string of the molecule is CS(=O)(=O)NCCC(=O)NCCCc1ccc(Cl)cc1. The number of hydrogen-bond acceptors (Lipinski definition) is 3. The normalized spacial score (nSPS) is 11.3. The van der Waals surface area contributed by atoms with Gasteiger partial charge in [0.2, 0.25) is 15.9 Å². The van der Waals surface area contributed by atoms with Gasteiger partial charge in [0, 0.05) is 24.5 Å². The van der Waals surface area contributed by atoms with E-state index in [-0.39, 0.29) is 18.9 Å². The average molecular weight is 319 g/mol. The third-order valence-electron chi connectivity index (χ3n) is 2.59. The molecule has 0 bridgehead atoms. The van der Waals surface area contributed by atoms with E-state index in [1.165, 1.54) is 5.56 Å². The van der Waals surface area contributed by atoms with Crippen LogP contribution in [-0.4, -0.2) is 33.7 Å². The molecule has 1 aromatic rings. The lowest BCUT2D eigenvalue weighted by Crippen LogP contribution is -2.30. The van der Waals surface area contributed by atoms with Crippen molar-refractivity contribution >= 4 is 27.5 Å². The number of hydrogen-bond donors (Lipinski definition) is 2. The third kappa shape index (κ3) is 8.14. The molecule has 0 aromatic heterocycles. The fourth-order valence-corrected chi connectivity index (χ4v) is 2.21. The van der Waals surface area contributed by atoms with E-state index in [2.05, 4.69) is 10.0 Å². The Bertz CT molecular complexity index is 529. The fraction of sp³-hybridized carbons (Fsp3) is 0.462. The molecule has 0 radical (unpaired) electrons. The van der Waals surface area contributed by atoms with E-state index in [0.717, 1.165) is 19.1 Å². The smallest absolute Gasteiger partial charge is 0.221 e. The molecule has 1 aromatic carbocycles. The summed E-state index contributed by atoms with van der Waals surface area (Å²) >= 11 is 5.79. The number of halogens is 1. The summed E-state index contributed by atoms with van der Waals surface area (Å²) in [5, 5.41) is 3.46. The quantitative estimate of drug-likeness (QED) is 0.710. The number of carbonyl (C=O) groups excluding carboxylic acids is 1. The summed E-state index contributed by atoms with van der Waals surface area (Å²) in [6.07, 6.45) is 2.90. The average Bonchev–Trinajstić information content (AvgIpc) is 2.35. The Balaban J connectivity index is 2.11. The van der Waals surface area contributed by atoms with Crippen LogP contribution in [0, 0.1) is 0 Å². The lowest BCUT2D eigenvalue weighted by molar-refractivity contribution is -0.120. The zero-order valence-corrected chi connectivity index (χ0v) is 12.9. The first-order valence-electron chi connectivity index (χ1n) is 6.32. The number of sulfonamides is 1. The Morgan fingerprint density at radius 1 is 1.20 bits per heavy atom. The molecule has 0 fully saturated rings. The van der Waals surface area contributed by atoms with Crippen LogP contribution < -0.4 is 10.0 Å². The molecule has 112 valence electrons. The first-order chi connectivity index (χ1) is 9.37. The molecule has 0 aliphatic carbocycles. The van der Waals surface area contributed by atoms with Crippen molar-refractivity contribution in [3.63, 3.8) is 0 Å². The van der Waals surface area contributed by atoms with Gasteiger partial charge in [-0.3, -0.25) is 4.79 Å². The highest BCUT2D eigenvalue weighted by Gasteiger charge is 2.04. The number of aryl methyl sites for hydroxylation is 1. The Kier molecular flexibility index (Phi) is 6.98. The van der Waals surface area contributed by atoms with Crippen molar-refractivity contribution in [1.82, 2.24) is 10.0 Å². The minimum Gasteiger partial charge on any atom is -0.356 e. The van der Waals surface area contributed by atoms with Crippen molar-refractivity contribution in [2.24, 2.45) is 0 Å². The molecule has 0 unspecified atom stereocenters. The fourth-order valence-electron chi connectivity index (χ4n) is 1.61. The lowest BCUT2D eigenvalue weighted by atomic mass is 10.1. The van der Waals surface area contributed by atoms with Crippen LogP contribution in [0.4, 0.5) is 0 Å². The van der Waals surface area contributed by atoms with Gasteiger partial charge in [-0.15, -0.1) is 0 Å². The van der Waals surface area contributed by atoms with E-state index >= 15 is 0 Å². The van der Waals surface area contributed by atoms with E-state index in [1.54, 1.807) is 0 Å². The Morgan fingerprint density at radius 3 is 2.45 bits per heavy atom. The predicted octanol–water partition coefficient (Wildman–Crippen LogP) is 1.33. The second-order valence-electron chi connectivity index (χ2n) is 4.50. The molecule has 0 atom stereocenters. The molecule has 5 nitrogen and oxygen atoms in total. The third-order valence-corrected chi connectivity index (χ3v) is 3.57. The van der Waals surface area contributed by atoms with Crippen molar-refractivity contribution in [3.8, 4) is 0 Å². The molecular weight excluding hydrogens is 300 g/mol. The topological polar surface area (TPSA) is 75.3 Å². The summed E-state index contributed by atoms with van der Waals surface area (Å²) in [6, 6.07) is 7.60. The molecular formula is C13H19ClN2O3S. The van der Waals surface area contributed by atoms with E-state index < -0.39 is 10.0 Å². The molecule has 0 aliphatic rings. The number of amides is 1. The molecule has 2 N–H and O–H groups in total. The van der Waals surface area contributed by atoms with Gasteiger partial charge >= 0.3 is 0 Å². The van der Waals surface area contributed by atoms with Crippen LogP contribution in [0.1, 0.15) is 18.4 Å². The highest BCUT2D eigenvalue weighted by molar-refractivity contribution is 7.88. The number of benzene rings is 1. The van der Waals surface area contributed by atoms with Crippen molar-refractivity contribution in [1.29, 1.82) is 0 Å². The van der Waals surface area contributed by atoms with E-state index in [9.17, 15) is 13.2 Å². The molecule has 7 heteroatoms. The van der Waals surface area contributed by atoms with Crippen LogP contribution in [0.25, 0.3) is 0 Å². The molecule has 1 rings (SSSR count). The number of nitrogens with one attached hydrogen (secondary N) is 2. The molecule has 1 amide bonds. The van der Waals surface area contributed by atoms with Gasteiger partial charge in [0.1, 0.15) is 0 Å². The Hall–Kier alpha value is -1.11. The van der Waals surface area contributed by atoms with Gasteiger partial charge in [0.25, 0.3) is 0 Å². The second-order valence-corrected chi connectivity index (χ2v) is 6.77. The highest BCUT2D eigenvalue weighted by Crippen LogP contribution is 2.10. The summed E-state index contributed by atoms with van der Waals surface area (Å²) in [6.45, 7) is 0.697. The minimum absolute atomic E-state index is 0.127. The van der Waals surface area contributed by atoms with E-state index in [1.807, 2.05) is 24.3 Å². The first-order valence-corrected chi connectivity index (χ1v) is 8.59. The van der Waals surface area contributed by atoms with Crippen LogP contribution in [0.3, 0.4) is 0 Å². The van der Waals surface area contributed by atoms with E-state index in [0.29, 0.717) is 11.6 Å². The maximum atomic E-state index is 11.4. The minimum atomic E-state index is -3.23. The molecule has 0 spiro atoms. The van der Waals surface area contributed by atoms with Crippen LogP contribution in [0.15, 0.2) is 24.3 Å². The maximum absolute atomic E-state index is 11.4. The van der Waals surface area contributed by atoms with Gasteiger partial charge in [0.15, 0.2) is 0 Å². The zero-order chi connectivity index (χ0) is 15.0. The highest BCUT2D eigenvalue weighted by atomic mass is 35.5. The van der Waals surface area contributed by atoms with Crippen molar-refractivity contribution in [2.75, 3.05) is 19.3 Å². The monoisotopic (exact) mass is 318 g/mol. The second kappa shape index (κ2) is 8.24. The first kappa shape index (κ1) is 16.9. The van der Waals surface area contributed by atoms with Gasteiger partial charge in [0.05, 0.1) is 6.26 Å². The van der Waals surface area contributed by atoms with Crippen LogP contribution in [-0.2, 0) is 21.2 Å². The summed E-state index contributed by atoms with van der Waals surface area (Å²) < 4.78 is 23.9. The molecule has 0 heterocycles. The zero-order valence-electron chi connectivity index (χ0n) is 11.4. The van der Waals surface area contributed by atoms with Gasteiger partial charge in [-0.1, -0.05) is 23.7 Å². The Morgan fingerprint density at radius 2 is 1.85 bits per heavy atom. The summed E-state index contributed by atoms with van der Waals surface area (Å²) in [5.74, 6) is -0.155. The molecule has 0 saturated carbocycles. The van der Waals surface area contributed by atoms with Crippen molar-refractivity contribution < 1.29 is 13.2 Å². The largest absolute Gasteiger partial charge is 0.356 e.